The van der Waals surface area contributed by atoms with Crippen molar-refractivity contribution in [2.24, 2.45) is 5.73 Å². The number of fused-ring (bicyclic) bond motifs is 10. The highest BCUT2D eigenvalue weighted by molar-refractivity contribution is 6.32. The van der Waals surface area contributed by atoms with Gasteiger partial charge in [-0.2, -0.15) is 0 Å². The predicted octanol–water partition coefficient (Wildman–Crippen LogP) is 11.6. The van der Waals surface area contributed by atoms with E-state index in [4.69, 9.17) is 56.2 Å². The van der Waals surface area contributed by atoms with Gasteiger partial charge in [0.05, 0.1) is 47.5 Å². The first-order chi connectivity index (χ1) is 72.4. The SMILES string of the molecule is CCN(CC)CC#CCOC(=O)CC(=O)c1cc2c(o1)C(=O)c1ccccc1C2=O.CC[C@H](N)C(=O)OCCOC(=O)CC(=O)c1cc2c(o1)C(=O)c1ccccc1C2=O.O=C(CC(=O)c1cc2c(o1)C(=O)c1ccccc1C2=O)OCC#CCN1CCCC1.O=C(CC(=O)c1cc2c(o1)C(=O)c1ccccc1C2=O)OCC#CCN1CCCCC1.O=C(CC(=O)c1cc2c(o1)C(=O)c1ccccc1C2=O)OCCN1CCCCC1. The lowest BCUT2D eigenvalue weighted by molar-refractivity contribution is -0.152. The summed E-state index contributed by atoms with van der Waals surface area (Å²) in [7, 11) is 0. The zero-order valence-corrected chi connectivity index (χ0v) is 82.1. The van der Waals surface area contributed by atoms with Crippen molar-refractivity contribution in [1.29, 1.82) is 0 Å². The van der Waals surface area contributed by atoms with Crippen LogP contribution in [0.2, 0.25) is 0 Å². The number of likely N-dealkylation sites (tertiary alicyclic amines) is 3. The van der Waals surface area contributed by atoms with Gasteiger partial charge in [0.2, 0.25) is 57.8 Å². The number of carbonyl (C=O) groups is 21. The maximum atomic E-state index is 12.6. The van der Waals surface area contributed by atoms with E-state index in [1.165, 1.54) is 93.1 Å². The zero-order valence-electron chi connectivity index (χ0n) is 82.1. The molecular formula is C113H101N5O32. The molecule has 0 amide bonds. The van der Waals surface area contributed by atoms with Crippen molar-refractivity contribution in [1.82, 2.24) is 19.6 Å². The van der Waals surface area contributed by atoms with Gasteiger partial charge in [-0.25, -0.2) is 0 Å². The molecule has 18 rings (SSSR count). The van der Waals surface area contributed by atoms with Crippen molar-refractivity contribution in [3.05, 3.63) is 293 Å². The van der Waals surface area contributed by atoms with Crippen molar-refractivity contribution in [3.8, 4) is 35.5 Å². The van der Waals surface area contributed by atoms with Crippen LogP contribution < -0.4 is 5.73 Å². The summed E-state index contributed by atoms with van der Waals surface area (Å²) in [4.78, 5) is 267. The number of esters is 6. The molecule has 5 aliphatic carbocycles. The number of nitrogens with zero attached hydrogens (tertiary/aromatic N) is 4. The number of furan rings is 5. The molecule has 37 nitrogen and oxygen atoms in total. The van der Waals surface area contributed by atoms with Crippen molar-refractivity contribution in [3.63, 3.8) is 0 Å². The van der Waals surface area contributed by atoms with Gasteiger partial charge in [0.15, 0.2) is 106 Å². The van der Waals surface area contributed by atoms with Crippen LogP contribution in [0.1, 0.15) is 324 Å². The third kappa shape index (κ3) is 26.6. The summed E-state index contributed by atoms with van der Waals surface area (Å²) >= 11 is 0. The lowest BCUT2D eigenvalue weighted by Crippen LogP contribution is -2.33. The molecule has 1 atom stereocenters. The molecule has 0 radical (unpaired) electrons. The van der Waals surface area contributed by atoms with E-state index in [0.29, 0.717) is 32.6 Å². The van der Waals surface area contributed by atoms with Gasteiger partial charge >= 0.3 is 35.8 Å². The third-order valence-corrected chi connectivity index (χ3v) is 25.1. The van der Waals surface area contributed by atoms with Gasteiger partial charge in [-0.1, -0.05) is 190 Å². The van der Waals surface area contributed by atoms with Gasteiger partial charge in [0.1, 0.15) is 58.0 Å². The number of ketones is 15. The highest BCUT2D eigenvalue weighted by atomic mass is 16.6. The van der Waals surface area contributed by atoms with E-state index in [-0.39, 0.29) is 198 Å². The Labute approximate surface area is 857 Å². The molecule has 10 aromatic rings. The Morgan fingerprint density at radius 2 is 0.527 bits per heavy atom. The Morgan fingerprint density at radius 1 is 0.293 bits per heavy atom. The quantitative estimate of drug-likeness (QED) is 0.0105. The molecule has 3 fully saturated rings. The van der Waals surface area contributed by atoms with Crippen molar-refractivity contribution < 1.29 is 151 Å². The minimum atomic E-state index is -0.869. The van der Waals surface area contributed by atoms with Crippen LogP contribution in [-0.2, 0) is 57.2 Å². The summed E-state index contributed by atoms with van der Waals surface area (Å²) in [5.41, 5.74) is 8.05. The maximum Gasteiger partial charge on any atom is 0.323 e. The minimum absolute atomic E-state index is 0.0189. The second-order valence-corrected chi connectivity index (χ2v) is 35.1. The zero-order chi connectivity index (χ0) is 107. The van der Waals surface area contributed by atoms with E-state index in [9.17, 15) is 101 Å². The van der Waals surface area contributed by atoms with Crippen LogP contribution in [0.4, 0.5) is 0 Å². The number of carbonyl (C=O) groups excluding carboxylic acids is 21. The summed E-state index contributed by atoms with van der Waals surface area (Å²) < 4.78 is 56.4. The maximum absolute atomic E-state index is 12.6. The Balaban J connectivity index is 0.000000148. The second-order valence-electron chi connectivity index (χ2n) is 35.1. The molecule has 0 spiro atoms. The fourth-order valence-corrected chi connectivity index (χ4v) is 17.0. The molecule has 8 aliphatic rings. The molecule has 8 heterocycles. The van der Waals surface area contributed by atoms with Gasteiger partial charge in [0, 0.05) is 62.2 Å². The number of Topliss-reactive ketones (excluding diaryl/α,β-unsaturated/α-hetero) is 5. The summed E-state index contributed by atoms with van der Waals surface area (Å²) in [5, 5.41) is 0. The van der Waals surface area contributed by atoms with Crippen LogP contribution in [-0.4, -0.2) is 266 Å². The molecule has 5 aromatic carbocycles. The van der Waals surface area contributed by atoms with E-state index >= 15 is 0 Å². The summed E-state index contributed by atoms with van der Waals surface area (Å²) in [6.45, 7) is 15.7. The van der Waals surface area contributed by atoms with Crippen LogP contribution in [0, 0.1) is 35.5 Å². The summed E-state index contributed by atoms with van der Waals surface area (Å²) in [5.74, 6) is 2.97. The number of rotatable bonds is 31. The molecular weight excluding hydrogens is 1940 g/mol. The Morgan fingerprint density at radius 3 is 0.793 bits per heavy atom. The first-order valence-electron chi connectivity index (χ1n) is 48.7. The molecule has 3 saturated heterocycles. The lowest BCUT2D eigenvalue weighted by atomic mass is 9.88. The van der Waals surface area contributed by atoms with E-state index in [1.807, 2.05) is 13.8 Å². The van der Waals surface area contributed by atoms with E-state index in [0.717, 1.165) is 71.3 Å². The van der Waals surface area contributed by atoms with E-state index in [1.54, 1.807) is 97.9 Å². The van der Waals surface area contributed by atoms with Crippen LogP contribution in [0.25, 0.3) is 0 Å². The summed E-state index contributed by atoms with van der Waals surface area (Å²) in [6, 6.07) is 37.2. The second kappa shape index (κ2) is 51.3. The normalized spacial score (nSPS) is 14.5. The van der Waals surface area contributed by atoms with Gasteiger partial charge in [-0.15, -0.1) is 0 Å². The number of ether oxygens (including phenoxy) is 6. The minimum Gasteiger partial charge on any atom is -0.464 e. The molecule has 770 valence electrons. The van der Waals surface area contributed by atoms with Crippen molar-refractivity contribution in [2.45, 2.75) is 117 Å². The number of nitrogens with two attached hydrogens (primary N) is 1. The van der Waals surface area contributed by atoms with Crippen LogP contribution in [0.3, 0.4) is 0 Å². The predicted molar refractivity (Wildman–Crippen MR) is 526 cm³/mol. The first-order valence-corrected chi connectivity index (χ1v) is 48.7. The van der Waals surface area contributed by atoms with Crippen LogP contribution in [0.15, 0.2) is 174 Å². The topological polar surface area (TPSA) is 519 Å². The Kier molecular flexibility index (Phi) is 37.1. The average molecular weight is 2040 g/mol. The van der Waals surface area contributed by atoms with E-state index in [2.05, 4.69) is 55.1 Å². The largest absolute Gasteiger partial charge is 0.464 e. The van der Waals surface area contributed by atoms with Crippen LogP contribution >= 0.6 is 0 Å². The van der Waals surface area contributed by atoms with Gasteiger partial charge in [-0.05, 0) is 128 Å². The molecule has 0 bridgehead atoms. The standard InChI is InChI=1S/C24H21NO6.C23H19NO6.C23H21NO6.C22H21NO6.C21H19NO8/c26-19(15-21(27)30-13-7-6-12-25-10-4-1-5-11-25)20-14-18-22(28)16-8-2-3-9-17(16)23(29)24(18)31-20;25-18(14-20(26)29-12-6-5-11-24-9-3-4-10-24)19-13-17-21(27)15-7-1-2-8-16(15)22(28)23(17)30-19;1-3-24(4-2)11-7-8-12-29-20(26)14-18(25)19-13-17-21(27)15-9-5-6-10-16(15)22(28)23(17)30-19;24-17(13-19(25)28-11-10-23-8-4-1-5-9-23)18-12-16-20(26)14-6-2-3-7-15(14)21(27)22(16)29-18;1-2-14(22)21(27)29-8-7-28-17(24)10-15(23)16-9-13-18(25)11-5-3-4-6-12(11)19(26)20(13)30-16/h2-3,8-9,14H,1,4-5,10-13,15H2;1-2,7-8,13H,3-4,9-12,14H2;5-6,9-10,13H,3-4,11-12,14H2,1-2H3;2-3,6-7,12H,1,4-5,8-11,13H2;3-6,9,14H,2,7-8,10,22H2,1H3/t;;;;14-/m....0/s1. The van der Waals surface area contributed by atoms with Gasteiger partial charge < -0.3 is 56.2 Å². The van der Waals surface area contributed by atoms with Crippen LogP contribution in [0.5, 0.6) is 0 Å². The van der Waals surface area contributed by atoms with Gasteiger partial charge in [0.25, 0.3) is 0 Å². The molecule has 37 heteroatoms. The number of hydrogen-bond acceptors (Lipinski definition) is 37. The fraction of sp³-hybridized carbons (Fsp3) is 0.319. The Hall–Kier alpha value is -17.2. The average Bonchev–Trinajstić information content (AvgIpc) is 1.62. The number of piperidine rings is 2. The highest BCUT2D eigenvalue weighted by Crippen LogP contribution is 2.37. The number of benzene rings is 5. The number of hydrogen-bond donors (Lipinski definition) is 1. The molecule has 3 aliphatic heterocycles. The molecule has 150 heavy (non-hydrogen) atoms. The fourth-order valence-electron chi connectivity index (χ4n) is 17.0. The van der Waals surface area contributed by atoms with Crippen molar-refractivity contribution in [2.75, 3.05) is 118 Å². The van der Waals surface area contributed by atoms with Gasteiger partial charge in [-0.3, -0.25) is 120 Å². The molecule has 5 aromatic heterocycles. The highest BCUT2D eigenvalue weighted by Gasteiger charge is 2.42. The third-order valence-electron chi connectivity index (χ3n) is 25.1. The Bertz CT molecular complexity index is 6840. The molecule has 0 saturated carbocycles. The first kappa shape index (κ1) is 109. The smallest absolute Gasteiger partial charge is 0.323 e. The monoisotopic (exact) mass is 2040 g/mol. The summed E-state index contributed by atoms with van der Waals surface area (Å²) in [6.07, 6.45) is 7.06. The lowest BCUT2D eigenvalue weighted by Gasteiger charge is -2.25. The molecule has 2 N–H and O–H groups in total. The molecule has 0 unspecified atom stereocenters. The van der Waals surface area contributed by atoms with E-state index < -0.39 is 143 Å². The van der Waals surface area contributed by atoms with Crippen molar-refractivity contribution >= 4 is 123 Å².